The van der Waals surface area contributed by atoms with Crippen molar-refractivity contribution in [2.45, 2.75) is 10.1 Å². The second-order valence-electron chi connectivity index (χ2n) is 3.59. The smallest absolute Gasteiger partial charge is 0.272 e. The van der Waals surface area contributed by atoms with Gasteiger partial charge in [-0.05, 0) is 6.07 Å². The summed E-state index contributed by atoms with van der Waals surface area (Å²) in [6.07, 6.45) is 0. The third-order valence-electron chi connectivity index (χ3n) is 2.08. The number of nitro groups is 1. The van der Waals surface area contributed by atoms with Crippen LogP contribution < -0.4 is 17.0 Å². The number of benzene rings is 1. The first-order chi connectivity index (χ1) is 8.94. The Hall–Kier alpha value is -2.55. The molecule has 0 saturated heterocycles. The summed E-state index contributed by atoms with van der Waals surface area (Å²) in [4.78, 5) is 28.3. The maximum atomic E-state index is 11.2. The quantitative estimate of drug-likeness (QED) is 0.329. The highest BCUT2D eigenvalue weighted by Crippen LogP contribution is 2.29. The van der Waals surface area contributed by atoms with Crippen molar-refractivity contribution in [1.82, 2.24) is 9.97 Å². The first-order valence-electron chi connectivity index (χ1n) is 5.04. The molecule has 0 unspecified atom stereocenters. The predicted octanol–water partition coefficient (Wildman–Crippen LogP) is 0.994. The molecule has 9 heteroatoms. The van der Waals surface area contributed by atoms with Crippen molar-refractivity contribution in [3.63, 3.8) is 0 Å². The summed E-state index contributed by atoms with van der Waals surface area (Å²) in [5.41, 5.74) is 10.7. The monoisotopic (exact) mass is 279 g/mol. The van der Waals surface area contributed by atoms with Crippen LogP contribution in [0.2, 0.25) is 0 Å². The minimum Gasteiger partial charge on any atom is -0.398 e. The van der Waals surface area contributed by atoms with Gasteiger partial charge in [0, 0.05) is 28.8 Å². The first kappa shape index (κ1) is 12.9. The zero-order valence-electron chi connectivity index (χ0n) is 9.49. The molecule has 0 radical (unpaired) electrons. The summed E-state index contributed by atoms with van der Waals surface area (Å²) in [5, 5.41) is 11.0. The number of anilines is 2. The minimum atomic E-state index is -0.546. The molecule has 98 valence electrons. The molecule has 0 aliphatic rings. The number of rotatable bonds is 3. The summed E-state index contributed by atoms with van der Waals surface area (Å²) < 4.78 is 0. The molecule has 2 rings (SSSR count). The molecule has 1 aromatic carbocycles. The van der Waals surface area contributed by atoms with E-state index in [0.29, 0.717) is 4.90 Å². The number of hydrogen-bond acceptors (Lipinski definition) is 7. The van der Waals surface area contributed by atoms with Crippen LogP contribution in [-0.4, -0.2) is 14.9 Å². The van der Waals surface area contributed by atoms with Gasteiger partial charge in [0.25, 0.3) is 11.2 Å². The van der Waals surface area contributed by atoms with E-state index in [2.05, 4.69) is 9.97 Å². The second-order valence-corrected chi connectivity index (χ2v) is 4.66. The number of aromatic nitrogens is 2. The fourth-order valence-corrected chi connectivity index (χ4v) is 2.28. The Morgan fingerprint density at radius 2 is 2.00 bits per heavy atom. The average Bonchev–Trinajstić information content (AvgIpc) is 2.26. The number of nitrogens with zero attached hydrogens (tertiary/aromatic N) is 2. The fourth-order valence-electron chi connectivity index (χ4n) is 1.38. The minimum absolute atomic E-state index is 0.0738. The molecule has 0 atom stereocenters. The molecule has 1 heterocycles. The fraction of sp³-hybridized carbons (Fsp3) is 0. The van der Waals surface area contributed by atoms with Crippen molar-refractivity contribution < 1.29 is 4.92 Å². The zero-order chi connectivity index (χ0) is 14.0. The van der Waals surface area contributed by atoms with Gasteiger partial charge in [-0.2, -0.15) is 0 Å². The van der Waals surface area contributed by atoms with Crippen LogP contribution >= 0.6 is 11.8 Å². The van der Waals surface area contributed by atoms with E-state index in [1.165, 1.54) is 12.1 Å². The average molecular weight is 279 g/mol. The van der Waals surface area contributed by atoms with Gasteiger partial charge in [0.05, 0.1) is 4.92 Å². The number of H-pyrrole nitrogens is 1. The highest BCUT2D eigenvalue weighted by Gasteiger charge is 2.10. The normalized spacial score (nSPS) is 10.3. The lowest BCUT2D eigenvalue weighted by Crippen LogP contribution is -2.09. The van der Waals surface area contributed by atoms with E-state index in [-0.39, 0.29) is 22.3 Å². The van der Waals surface area contributed by atoms with E-state index in [1.54, 1.807) is 6.07 Å². The van der Waals surface area contributed by atoms with Crippen LogP contribution in [0.5, 0.6) is 0 Å². The number of nitrogen functional groups attached to an aromatic ring is 2. The molecule has 19 heavy (non-hydrogen) atoms. The Bertz CT molecular complexity index is 700. The van der Waals surface area contributed by atoms with Gasteiger partial charge in [-0.1, -0.05) is 11.8 Å². The van der Waals surface area contributed by atoms with Gasteiger partial charge in [-0.25, -0.2) is 4.98 Å². The molecular weight excluding hydrogens is 270 g/mol. The van der Waals surface area contributed by atoms with Crippen LogP contribution in [0.1, 0.15) is 0 Å². The molecule has 1 aromatic heterocycles. The van der Waals surface area contributed by atoms with E-state index in [1.807, 2.05) is 0 Å². The van der Waals surface area contributed by atoms with Crippen molar-refractivity contribution in [3.05, 3.63) is 44.7 Å². The van der Waals surface area contributed by atoms with Crippen LogP contribution in [0.15, 0.2) is 39.1 Å². The molecule has 2 aromatic rings. The lowest BCUT2D eigenvalue weighted by molar-refractivity contribution is -0.385. The standard InChI is InChI=1S/C10H9N5O3S/c11-5-1-6(15(17)18)3-7(2-5)19-10-13-8(12)4-9(16)14-10/h1-4H,11H2,(H3,12,13,14,16). The number of nitro benzene ring substituents is 1. The highest BCUT2D eigenvalue weighted by molar-refractivity contribution is 7.99. The number of nitrogens with one attached hydrogen (secondary N) is 1. The molecule has 0 saturated carbocycles. The Balaban J connectivity index is 2.37. The van der Waals surface area contributed by atoms with Gasteiger partial charge in [0.15, 0.2) is 5.16 Å². The van der Waals surface area contributed by atoms with Crippen molar-refractivity contribution in [1.29, 1.82) is 0 Å². The van der Waals surface area contributed by atoms with E-state index < -0.39 is 10.5 Å². The van der Waals surface area contributed by atoms with Crippen LogP contribution in [0.4, 0.5) is 17.2 Å². The lowest BCUT2D eigenvalue weighted by Gasteiger charge is -2.03. The van der Waals surface area contributed by atoms with E-state index in [0.717, 1.165) is 17.8 Å². The zero-order valence-corrected chi connectivity index (χ0v) is 10.3. The summed E-state index contributed by atoms with van der Waals surface area (Å²) in [7, 11) is 0. The van der Waals surface area contributed by atoms with Gasteiger partial charge < -0.3 is 16.5 Å². The lowest BCUT2D eigenvalue weighted by atomic mass is 10.3. The molecular formula is C10H9N5O3S. The molecule has 0 fully saturated rings. The third kappa shape index (κ3) is 3.22. The van der Waals surface area contributed by atoms with Crippen molar-refractivity contribution in [3.8, 4) is 0 Å². The van der Waals surface area contributed by atoms with Gasteiger partial charge in [-0.3, -0.25) is 14.9 Å². The van der Waals surface area contributed by atoms with Crippen LogP contribution in [0.3, 0.4) is 0 Å². The maximum Gasteiger partial charge on any atom is 0.272 e. The number of non-ortho nitro benzene ring substituents is 1. The van der Waals surface area contributed by atoms with E-state index in [4.69, 9.17) is 11.5 Å². The third-order valence-corrected chi connectivity index (χ3v) is 2.94. The van der Waals surface area contributed by atoms with Crippen LogP contribution in [-0.2, 0) is 0 Å². The Morgan fingerprint density at radius 1 is 1.26 bits per heavy atom. The van der Waals surface area contributed by atoms with Gasteiger partial charge in [0.1, 0.15) is 5.82 Å². The molecule has 0 amide bonds. The largest absolute Gasteiger partial charge is 0.398 e. The van der Waals surface area contributed by atoms with Crippen LogP contribution in [0.25, 0.3) is 0 Å². The van der Waals surface area contributed by atoms with Crippen LogP contribution in [0, 0.1) is 10.1 Å². The summed E-state index contributed by atoms with van der Waals surface area (Å²) >= 11 is 1.03. The van der Waals surface area contributed by atoms with Crippen molar-refractivity contribution in [2.75, 3.05) is 11.5 Å². The molecule has 0 bridgehead atoms. The predicted molar refractivity (Wildman–Crippen MR) is 70.9 cm³/mol. The van der Waals surface area contributed by atoms with Gasteiger partial charge >= 0.3 is 0 Å². The number of hydrogen-bond donors (Lipinski definition) is 3. The number of aromatic amines is 1. The van der Waals surface area contributed by atoms with Gasteiger partial charge in [0.2, 0.25) is 0 Å². The summed E-state index contributed by atoms with van der Waals surface area (Å²) in [6, 6.07) is 5.27. The van der Waals surface area contributed by atoms with Gasteiger partial charge in [-0.15, -0.1) is 0 Å². The molecule has 8 nitrogen and oxygen atoms in total. The van der Waals surface area contributed by atoms with E-state index in [9.17, 15) is 14.9 Å². The van der Waals surface area contributed by atoms with Crippen molar-refractivity contribution in [2.24, 2.45) is 0 Å². The Labute approximate surface area is 111 Å². The SMILES string of the molecule is Nc1cc(Sc2nc(N)cc(=O)[nH]2)cc([N+](=O)[O-])c1. The molecule has 0 spiro atoms. The molecule has 5 N–H and O–H groups in total. The Morgan fingerprint density at radius 3 is 2.63 bits per heavy atom. The summed E-state index contributed by atoms with van der Waals surface area (Å²) in [5.74, 6) is 0.0738. The Kier molecular flexibility index (Phi) is 3.38. The maximum absolute atomic E-state index is 11.2. The molecule has 0 aliphatic carbocycles. The second kappa shape index (κ2) is 4.98. The highest BCUT2D eigenvalue weighted by atomic mass is 32.2. The summed E-state index contributed by atoms with van der Waals surface area (Å²) in [6.45, 7) is 0. The first-order valence-corrected chi connectivity index (χ1v) is 5.85. The van der Waals surface area contributed by atoms with Crippen molar-refractivity contribution >= 4 is 29.0 Å². The number of nitrogens with two attached hydrogens (primary N) is 2. The molecule has 0 aliphatic heterocycles. The van der Waals surface area contributed by atoms with E-state index >= 15 is 0 Å². The topological polar surface area (TPSA) is 141 Å².